The molecule has 0 saturated heterocycles. The lowest BCUT2D eigenvalue weighted by molar-refractivity contribution is -0.114. The van der Waals surface area contributed by atoms with E-state index < -0.39 is 17.2 Å². The molecule has 1 rings (SSSR count). The lowest BCUT2D eigenvalue weighted by Crippen LogP contribution is -2.41. The van der Waals surface area contributed by atoms with Crippen molar-refractivity contribution in [2.75, 3.05) is 11.1 Å². The molecule has 7 nitrogen and oxygen atoms in total. The third-order valence-electron chi connectivity index (χ3n) is 3.08. The minimum Gasteiger partial charge on any atom is -0.383 e. The van der Waals surface area contributed by atoms with Crippen molar-refractivity contribution in [3.63, 3.8) is 0 Å². The number of nitrogens with zero attached hydrogens (tertiary/aromatic N) is 2. The summed E-state index contributed by atoms with van der Waals surface area (Å²) in [6.07, 6.45) is 0.879. The van der Waals surface area contributed by atoms with Crippen molar-refractivity contribution in [1.29, 1.82) is 0 Å². The molecule has 19 heavy (non-hydrogen) atoms. The molecule has 1 amide bonds. The summed E-state index contributed by atoms with van der Waals surface area (Å²) in [7, 11) is 1.36. The molecule has 0 bridgehead atoms. The van der Waals surface area contributed by atoms with E-state index in [0.29, 0.717) is 6.54 Å². The lowest BCUT2D eigenvalue weighted by Gasteiger charge is -2.17. The van der Waals surface area contributed by atoms with E-state index in [-0.39, 0.29) is 17.4 Å². The molecule has 0 aromatic carbocycles. The number of nitrogen functional groups attached to an aromatic ring is 1. The van der Waals surface area contributed by atoms with Crippen LogP contribution in [0.5, 0.6) is 0 Å². The molecule has 0 spiro atoms. The van der Waals surface area contributed by atoms with Crippen LogP contribution in [0.25, 0.3) is 0 Å². The molecule has 106 valence electrons. The molecule has 0 saturated carbocycles. The first-order valence-corrected chi connectivity index (χ1v) is 6.16. The molecule has 3 N–H and O–H groups in total. The minimum atomic E-state index is -0.599. The van der Waals surface area contributed by atoms with Crippen LogP contribution in [-0.2, 0) is 18.4 Å². The van der Waals surface area contributed by atoms with Gasteiger partial charge in [-0.05, 0) is 5.92 Å². The fourth-order valence-corrected chi connectivity index (χ4v) is 1.69. The zero-order valence-electron chi connectivity index (χ0n) is 11.7. The van der Waals surface area contributed by atoms with Gasteiger partial charge < -0.3 is 11.1 Å². The van der Waals surface area contributed by atoms with Crippen molar-refractivity contribution in [1.82, 2.24) is 9.13 Å². The smallest absolute Gasteiger partial charge is 0.332 e. The number of carbonyl (C=O) groups is 1. The molecule has 1 aromatic rings. The Hall–Kier alpha value is -2.05. The summed E-state index contributed by atoms with van der Waals surface area (Å²) < 4.78 is 2.27. The van der Waals surface area contributed by atoms with Gasteiger partial charge >= 0.3 is 5.69 Å². The topological polar surface area (TPSA) is 99.1 Å². The number of anilines is 2. The summed E-state index contributed by atoms with van der Waals surface area (Å²) in [5, 5.41) is 2.38. The first-order valence-electron chi connectivity index (χ1n) is 6.16. The Bertz CT molecular complexity index is 600. The van der Waals surface area contributed by atoms with Gasteiger partial charge in [0.1, 0.15) is 11.5 Å². The number of hydrogen-bond acceptors (Lipinski definition) is 4. The predicted octanol–water partition coefficient (Wildman–Crippen LogP) is 0.134. The van der Waals surface area contributed by atoms with Crippen molar-refractivity contribution in [3.8, 4) is 0 Å². The Balaban J connectivity index is 3.47. The van der Waals surface area contributed by atoms with Crippen LogP contribution in [0.2, 0.25) is 0 Å². The van der Waals surface area contributed by atoms with Gasteiger partial charge in [-0.3, -0.25) is 18.7 Å². The molecule has 0 unspecified atom stereocenters. The number of aromatic nitrogens is 2. The van der Waals surface area contributed by atoms with Crippen LogP contribution in [0.4, 0.5) is 11.5 Å². The monoisotopic (exact) mass is 268 g/mol. The zero-order valence-corrected chi connectivity index (χ0v) is 11.7. The van der Waals surface area contributed by atoms with E-state index >= 15 is 0 Å². The van der Waals surface area contributed by atoms with Gasteiger partial charge in [-0.25, -0.2) is 4.79 Å². The average molecular weight is 268 g/mol. The van der Waals surface area contributed by atoms with Crippen molar-refractivity contribution in [2.24, 2.45) is 13.0 Å². The molecule has 7 heteroatoms. The van der Waals surface area contributed by atoms with E-state index in [1.807, 2.05) is 13.8 Å². The second kappa shape index (κ2) is 5.73. The highest BCUT2D eigenvalue weighted by Gasteiger charge is 2.17. The van der Waals surface area contributed by atoms with Gasteiger partial charge in [-0.2, -0.15) is 0 Å². The maximum atomic E-state index is 12.0. The van der Waals surface area contributed by atoms with Crippen LogP contribution in [0.15, 0.2) is 9.59 Å². The summed E-state index contributed by atoms with van der Waals surface area (Å²) >= 11 is 0. The number of hydrogen-bond donors (Lipinski definition) is 2. The second-order valence-corrected chi connectivity index (χ2v) is 4.71. The number of amides is 1. The molecule has 0 aliphatic rings. The molecule has 0 aliphatic carbocycles. The molecule has 1 heterocycles. The van der Waals surface area contributed by atoms with E-state index in [2.05, 4.69) is 5.32 Å². The summed E-state index contributed by atoms with van der Waals surface area (Å²) in [6, 6.07) is 0. The second-order valence-electron chi connectivity index (χ2n) is 4.71. The van der Waals surface area contributed by atoms with Gasteiger partial charge in [0.05, 0.1) is 0 Å². The summed E-state index contributed by atoms with van der Waals surface area (Å²) in [4.78, 5) is 35.0. The van der Waals surface area contributed by atoms with Crippen LogP contribution >= 0.6 is 0 Å². The summed E-state index contributed by atoms with van der Waals surface area (Å²) in [6.45, 7) is 5.67. The van der Waals surface area contributed by atoms with Crippen molar-refractivity contribution in [2.45, 2.75) is 33.7 Å². The Morgan fingerprint density at radius 2 is 2.00 bits per heavy atom. The van der Waals surface area contributed by atoms with Gasteiger partial charge in [0.15, 0.2) is 0 Å². The van der Waals surface area contributed by atoms with Crippen LogP contribution in [-0.4, -0.2) is 15.0 Å². The van der Waals surface area contributed by atoms with E-state index in [9.17, 15) is 14.4 Å². The van der Waals surface area contributed by atoms with Crippen molar-refractivity contribution >= 4 is 17.4 Å². The molecule has 1 aromatic heterocycles. The molecule has 0 aliphatic heterocycles. The largest absolute Gasteiger partial charge is 0.383 e. The lowest BCUT2D eigenvalue weighted by atomic mass is 10.1. The maximum Gasteiger partial charge on any atom is 0.332 e. The van der Waals surface area contributed by atoms with Crippen molar-refractivity contribution in [3.05, 3.63) is 20.8 Å². The van der Waals surface area contributed by atoms with Gasteiger partial charge in [0.25, 0.3) is 5.56 Å². The molecule has 0 fully saturated rings. The Kier molecular flexibility index (Phi) is 4.52. The number of nitrogens with one attached hydrogen (secondary N) is 1. The Labute approximate surface area is 111 Å². The third kappa shape index (κ3) is 3.04. The Morgan fingerprint density at radius 3 is 2.47 bits per heavy atom. The molecular formula is C12H20N4O3. The SMILES string of the molecule is CC[C@@H](C)Cn1c(N)c(NC(C)=O)c(=O)n(C)c1=O. The first-order chi connectivity index (χ1) is 8.79. The fraction of sp³-hybridized carbons (Fsp3) is 0.583. The maximum absolute atomic E-state index is 12.0. The van der Waals surface area contributed by atoms with Crippen LogP contribution in [0, 0.1) is 5.92 Å². The molecule has 1 atom stereocenters. The van der Waals surface area contributed by atoms with E-state index in [1.54, 1.807) is 0 Å². The molecule has 0 radical (unpaired) electrons. The summed E-state index contributed by atoms with van der Waals surface area (Å²) in [5.41, 5.74) is 4.72. The predicted molar refractivity (Wildman–Crippen MR) is 74.1 cm³/mol. The van der Waals surface area contributed by atoms with Gasteiger partial charge in [0, 0.05) is 20.5 Å². The first kappa shape index (κ1) is 15.0. The highest BCUT2D eigenvalue weighted by Crippen LogP contribution is 2.13. The highest BCUT2D eigenvalue weighted by molar-refractivity contribution is 5.91. The third-order valence-corrected chi connectivity index (χ3v) is 3.08. The van der Waals surface area contributed by atoms with Gasteiger partial charge in [-0.1, -0.05) is 20.3 Å². The number of rotatable bonds is 4. The standard InChI is InChI=1S/C12H20N4O3/c1-5-7(2)6-16-10(13)9(14-8(3)17)11(18)15(4)12(16)19/h7H,5-6,13H2,1-4H3,(H,14,17)/t7-/m1/s1. The normalized spacial score (nSPS) is 12.2. The van der Waals surface area contributed by atoms with E-state index in [1.165, 1.54) is 18.5 Å². The Morgan fingerprint density at radius 1 is 1.42 bits per heavy atom. The van der Waals surface area contributed by atoms with E-state index in [0.717, 1.165) is 11.0 Å². The highest BCUT2D eigenvalue weighted by atomic mass is 16.2. The number of nitrogens with two attached hydrogens (primary N) is 1. The van der Waals surface area contributed by atoms with Crippen molar-refractivity contribution < 1.29 is 4.79 Å². The van der Waals surface area contributed by atoms with Crippen LogP contribution < -0.4 is 22.3 Å². The van der Waals surface area contributed by atoms with Crippen LogP contribution in [0.1, 0.15) is 27.2 Å². The van der Waals surface area contributed by atoms with Gasteiger partial charge in [-0.15, -0.1) is 0 Å². The quantitative estimate of drug-likeness (QED) is 0.811. The van der Waals surface area contributed by atoms with Gasteiger partial charge in [0.2, 0.25) is 5.91 Å². The zero-order chi connectivity index (χ0) is 14.7. The number of carbonyl (C=O) groups excluding carboxylic acids is 1. The average Bonchev–Trinajstić information content (AvgIpc) is 2.36. The molecular weight excluding hydrogens is 248 g/mol. The van der Waals surface area contributed by atoms with E-state index in [4.69, 9.17) is 5.73 Å². The minimum absolute atomic E-state index is 0.00333. The van der Waals surface area contributed by atoms with Crippen LogP contribution in [0.3, 0.4) is 0 Å². The summed E-state index contributed by atoms with van der Waals surface area (Å²) in [5.74, 6) is -0.163. The fourth-order valence-electron chi connectivity index (χ4n) is 1.69.